The molecule has 1 aliphatic rings. The number of nitrogens with one attached hydrogen (secondary N) is 1. The molecule has 5 aromatic rings. The number of nitrogens with two attached hydrogens (primary N) is 1. The molecule has 40 heavy (non-hydrogen) atoms. The van der Waals surface area contributed by atoms with Crippen molar-refractivity contribution in [1.82, 2.24) is 19.6 Å². The van der Waals surface area contributed by atoms with Crippen LogP contribution in [0.2, 0.25) is 0 Å². The first-order chi connectivity index (χ1) is 19.2. The maximum atomic E-state index is 14.8. The van der Waals surface area contributed by atoms with Crippen LogP contribution in [0.1, 0.15) is 28.1 Å². The van der Waals surface area contributed by atoms with Crippen molar-refractivity contribution in [3.63, 3.8) is 0 Å². The number of hydrogen-bond donors (Lipinski definition) is 3. The monoisotopic (exact) mass is 544 g/mol. The van der Waals surface area contributed by atoms with Gasteiger partial charge in [-0.05, 0) is 42.8 Å². The third-order valence-corrected chi connectivity index (χ3v) is 7.28. The third kappa shape index (κ3) is 3.50. The van der Waals surface area contributed by atoms with E-state index in [2.05, 4.69) is 15.5 Å². The molecule has 0 spiro atoms. The number of aryl methyl sites for hydroxylation is 1. The van der Waals surface area contributed by atoms with E-state index < -0.39 is 34.8 Å². The van der Waals surface area contributed by atoms with Crippen LogP contribution >= 0.6 is 0 Å². The minimum absolute atomic E-state index is 0.0223. The predicted molar refractivity (Wildman–Crippen MR) is 143 cm³/mol. The molecule has 0 aliphatic carbocycles. The summed E-state index contributed by atoms with van der Waals surface area (Å²) in [5.41, 5.74) is 4.79. The topological polar surface area (TPSA) is 111 Å². The molecular weight excluding hydrogens is 521 g/mol. The van der Waals surface area contributed by atoms with Crippen LogP contribution in [0, 0.1) is 6.92 Å². The minimum Gasteiger partial charge on any atom is -0.493 e. The number of fused-ring (bicyclic) bond motifs is 1. The SMILES string of the molecule is Cc1nn(-c2ccccc2)c(N)c1C1(c2c(C(F)(F)F)nn(-c3ccccc3)c2O)c2ccccc2NC1C=O. The van der Waals surface area contributed by atoms with Gasteiger partial charge in [-0.3, -0.25) is 0 Å². The van der Waals surface area contributed by atoms with E-state index in [1.165, 1.54) is 16.8 Å². The van der Waals surface area contributed by atoms with Crippen molar-refractivity contribution in [2.24, 2.45) is 0 Å². The fraction of sp³-hybridized carbons (Fsp3) is 0.138. The van der Waals surface area contributed by atoms with Gasteiger partial charge in [-0.25, -0.2) is 9.36 Å². The van der Waals surface area contributed by atoms with Crippen molar-refractivity contribution in [3.8, 4) is 17.3 Å². The maximum Gasteiger partial charge on any atom is 0.435 e. The molecule has 2 atom stereocenters. The molecule has 1 aliphatic heterocycles. The molecule has 11 heteroatoms. The quantitative estimate of drug-likeness (QED) is 0.269. The van der Waals surface area contributed by atoms with Gasteiger partial charge < -0.3 is 21.0 Å². The number of benzene rings is 3. The Morgan fingerprint density at radius 1 is 0.900 bits per heavy atom. The highest BCUT2D eigenvalue weighted by atomic mass is 19.4. The molecule has 3 aromatic carbocycles. The van der Waals surface area contributed by atoms with Gasteiger partial charge in [-0.15, -0.1) is 0 Å². The maximum absolute atomic E-state index is 14.8. The Morgan fingerprint density at radius 3 is 2.08 bits per heavy atom. The number of aromatic hydroxyl groups is 1. The summed E-state index contributed by atoms with van der Waals surface area (Å²) >= 11 is 0. The highest BCUT2D eigenvalue weighted by Crippen LogP contribution is 2.57. The van der Waals surface area contributed by atoms with Crippen molar-refractivity contribution in [2.75, 3.05) is 11.1 Å². The molecule has 8 nitrogen and oxygen atoms in total. The number of aromatic nitrogens is 4. The Kier molecular flexibility index (Phi) is 5.68. The van der Waals surface area contributed by atoms with Gasteiger partial charge in [-0.1, -0.05) is 54.6 Å². The standard InChI is InChI=1S/C29H23F3N6O2/c1-17-23(26(33)37(35-17)18-10-4-2-5-11-18)28(20-14-8-9-15-21(20)34-22(28)16-39)24-25(29(30,31)32)36-38(27(24)40)19-12-6-3-7-13-19/h2-16,22,34,40H,33H2,1H3. The van der Waals surface area contributed by atoms with Gasteiger partial charge in [-0.2, -0.15) is 23.4 Å². The number of halogens is 3. The average molecular weight is 545 g/mol. The number of alkyl halides is 3. The van der Waals surface area contributed by atoms with Crippen LogP contribution in [-0.2, 0) is 16.4 Å². The zero-order chi connectivity index (χ0) is 28.2. The van der Waals surface area contributed by atoms with Crippen LogP contribution in [0.4, 0.5) is 24.7 Å². The molecule has 0 radical (unpaired) electrons. The number of carbonyl (C=O) groups is 1. The first-order valence-corrected chi connectivity index (χ1v) is 12.4. The van der Waals surface area contributed by atoms with Gasteiger partial charge in [0.15, 0.2) is 5.69 Å². The number of aldehydes is 1. The van der Waals surface area contributed by atoms with Crippen molar-refractivity contribution >= 4 is 17.8 Å². The van der Waals surface area contributed by atoms with Crippen molar-refractivity contribution in [2.45, 2.75) is 24.6 Å². The van der Waals surface area contributed by atoms with Crippen LogP contribution in [-0.4, -0.2) is 37.0 Å². The molecule has 2 unspecified atom stereocenters. The van der Waals surface area contributed by atoms with Crippen LogP contribution in [0.5, 0.6) is 5.88 Å². The molecule has 3 heterocycles. The summed E-state index contributed by atoms with van der Waals surface area (Å²) in [6.45, 7) is 1.61. The predicted octanol–water partition coefficient (Wildman–Crippen LogP) is 5.00. The Bertz CT molecular complexity index is 1730. The van der Waals surface area contributed by atoms with Gasteiger partial charge in [0.05, 0.1) is 28.0 Å². The van der Waals surface area contributed by atoms with Gasteiger partial charge in [0.2, 0.25) is 5.88 Å². The molecule has 4 N–H and O–H groups in total. The molecular formula is C29H23F3N6O2. The molecule has 2 aromatic heterocycles. The summed E-state index contributed by atoms with van der Waals surface area (Å²) in [4.78, 5) is 12.8. The van der Waals surface area contributed by atoms with Gasteiger partial charge in [0, 0.05) is 11.3 Å². The lowest BCUT2D eigenvalue weighted by Gasteiger charge is -2.34. The average Bonchev–Trinajstić information content (AvgIpc) is 3.58. The number of hydrogen-bond acceptors (Lipinski definition) is 6. The molecule has 0 fully saturated rings. The van der Waals surface area contributed by atoms with Crippen LogP contribution in [0.25, 0.3) is 11.4 Å². The first-order valence-electron chi connectivity index (χ1n) is 12.4. The summed E-state index contributed by atoms with van der Waals surface area (Å²) in [5.74, 6) is -0.746. The van der Waals surface area contributed by atoms with E-state index in [1.54, 1.807) is 73.7 Å². The summed E-state index contributed by atoms with van der Waals surface area (Å²) in [7, 11) is 0. The fourth-order valence-corrected chi connectivity index (χ4v) is 5.76. The Morgan fingerprint density at radius 2 is 1.48 bits per heavy atom. The van der Waals surface area contributed by atoms with Crippen LogP contribution in [0.3, 0.4) is 0 Å². The number of rotatable bonds is 5. The molecule has 0 saturated carbocycles. The van der Waals surface area contributed by atoms with E-state index in [0.29, 0.717) is 23.2 Å². The third-order valence-electron chi connectivity index (χ3n) is 7.28. The smallest absolute Gasteiger partial charge is 0.435 e. The van der Waals surface area contributed by atoms with Crippen LogP contribution < -0.4 is 11.1 Å². The van der Waals surface area contributed by atoms with Crippen LogP contribution in [0.15, 0.2) is 84.9 Å². The zero-order valence-electron chi connectivity index (χ0n) is 21.1. The van der Waals surface area contributed by atoms with Crippen molar-refractivity contribution < 1.29 is 23.1 Å². The van der Waals surface area contributed by atoms with E-state index in [4.69, 9.17) is 5.73 Å². The first kappa shape index (κ1) is 25.2. The van der Waals surface area contributed by atoms with Crippen molar-refractivity contribution in [3.05, 3.63) is 113 Å². The number of para-hydroxylation sites is 3. The van der Waals surface area contributed by atoms with E-state index in [1.807, 2.05) is 6.07 Å². The summed E-state index contributed by atoms with van der Waals surface area (Å²) in [6, 6.07) is 22.2. The largest absolute Gasteiger partial charge is 0.493 e. The number of nitrogens with zero attached hydrogens (tertiary/aromatic N) is 4. The number of anilines is 2. The number of nitrogen functional groups attached to an aromatic ring is 1. The molecule has 6 rings (SSSR count). The van der Waals surface area contributed by atoms with Gasteiger partial charge >= 0.3 is 6.18 Å². The lowest BCUT2D eigenvalue weighted by atomic mass is 9.66. The lowest BCUT2D eigenvalue weighted by molar-refractivity contribution is -0.142. The summed E-state index contributed by atoms with van der Waals surface area (Å²) in [5, 5.41) is 23.1. The van der Waals surface area contributed by atoms with E-state index >= 15 is 0 Å². The fourth-order valence-electron chi connectivity index (χ4n) is 5.76. The van der Waals surface area contributed by atoms with E-state index in [9.17, 15) is 23.1 Å². The van der Waals surface area contributed by atoms with Gasteiger partial charge in [0.25, 0.3) is 0 Å². The Labute approximate surface area is 226 Å². The molecule has 0 amide bonds. The molecule has 0 saturated heterocycles. The second-order valence-electron chi connectivity index (χ2n) is 9.50. The zero-order valence-corrected chi connectivity index (χ0v) is 21.1. The lowest BCUT2D eigenvalue weighted by Crippen LogP contribution is -2.44. The highest BCUT2D eigenvalue weighted by Gasteiger charge is 2.59. The highest BCUT2D eigenvalue weighted by molar-refractivity contribution is 5.85. The second-order valence-corrected chi connectivity index (χ2v) is 9.50. The summed E-state index contributed by atoms with van der Waals surface area (Å²) in [6.07, 6.45) is -4.47. The van der Waals surface area contributed by atoms with Gasteiger partial charge in [0.1, 0.15) is 18.1 Å². The molecule has 0 bridgehead atoms. The van der Waals surface area contributed by atoms with Crippen molar-refractivity contribution in [1.29, 1.82) is 0 Å². The summed E-state index contributed by atoms with van der Waals surface area (Å²) < 4.78 is 46.7. The minimum atomic E-state index is -5.00. The van der Waals surface area contributed by atoms with E-state index in [-0.39, 0.29) is 22.8 Å². The Balaban J connectivity index is 1.78. The molecule has 202 valence electrons. The number of carbonyl (C=O) groups excluding carboxylic acids is 1. The second kappa shape index (κ2) is 9.01. The normalized spacial score (nSPS) is 18.4. The Hall–Kier alpha value is -5.06. The van der Waals surface area contributed by atoms with E-state index in [0.717, 1.165) is 4.68 Å².